The van der Waals surface area contributed by atoms with Crippen molar-refractivity contribution in [1.82, 2.24) is 0 Å². The van der Waals surface area contributed by atoms with Crippen LogP contribution in [0.1, 0.15) is 19.4 Å². The van der Waals surface area contributed by atoms with Gasteiger partial charge in [-0.05, 0) is 0 Å². The second-order valence-corrected chi connectivity index (χ2v) is 5.87. The van der Waals surface area contributed by atoms with Crippen molar-refractivity contribution in [3.63, 3.8) is 0 Å². The first-order valence-corrected chi connectivity index (χ1v) is 6.02. The van der Waals surface area contributed by atoms with Gasteiger partial charge < -0.3 is 37.2 Å². The number of benzene rings is 1. The number of rotatable bonds is 2. The van der Waals surface area contributed by atoms with Crippen molar-refractivity contribution in [3.05, 3.63) is 60.2 Å². The van der Waals surface area contributed by atoms with Gasteiger partial charge in [0, 0.05) is 0 Å². The second kappa shape index (κ2) is 7.77. The zero-order chi connectivity index (χ0) is 10.9. The molecule has 1 aliphatic carbocycles. The van der Waals surface area contributed by atoms with Gasteiger partial charge in [-0.25, -0.2) is 0 Å². The van der Waals surface area contributed by atoms with Crippen LogP contribution in [0, 0.1) is 0 Å². The fourth-order valence-corrected chi connectivity index (χ4v) is 2.51. The standard InChI is InChI=1S/C14H15.3ClH.Ti/c1-14(2,13-10-6-7-11-13)12-8-4-3-5-9-12;;;;/h3-11H,1-2H3;3*1H;/q;;;;+3/p-3. The number of hydrogen-bond donors (Lipinski definition) is 0. The van der Waals surface area contributed by atoms with E-state index >= 15 is 0 Å². The predicted molar refractivity (Wildman–Crippen MR) is 60.4 cm³/mol. The Labute approximate surface area is 140 Å². The largest absolute Gasteiger partial charge is 1.00 e. The summed E-state index contributed by atoms with van der Waals surface area (Å²) in [6.45, 7) is 4.62. The molecular weight excluding hydrogens is 322 g/mol. The Kier molecular flexibility index (Phi) is 8.89. The molecule has 0 saturated heterocycles. The maximum absolute atomic E-state index is 2.31. The van der Waals surface area contributed by atoms with E-state index in [4.69, 9.17) is 0 Å². The minimum Gasteiger partial charge on any atom is -1.00 e. The van der Waals surface area contributed by atoms with E-state index in [0.717, 1.165) is 0 Å². The van der Waals surface area contributed by atoms with Crippen molar-refractivity contribution in [2.24, 2.45) is 0 Å². The molecule has 0 amide bonds. The fraction of sp³-hybridized carbons (Fsp3) is 0.286. The zero-order valence-electron chi connectivity index (χ0n) is 10.3. The van der Waals surface area contributed by atoms with Gasteiger partial charge in [-0.1, -0.05) is 0 Å². The van der Waals surface area contributed by atoms with Crippen LogP contribution >= 0.6 is 0 Å². The Morgan fingerprint density at radius 3 is 1.78 bits per heavy atom. The van der Waals surface area contributed by atoms with Crippen LogP contribution in [0.25, 0.3) is 0 Å². The smallest absolute Gasteiger partial charge is 1.00 e. The summed E-state index contributed by atoms with van der Waals surface area (Å²) in [5.41, 5.74) is 1.53. The summed E-state index contributed by atoms with van der Waals surface area (Å²) in [5, 5.41) is 0. The van der Waals surface area contributed by atoms with Crippen molar-refractivity contribution < 1.29 is 57.7 Å². The summed E-state index contributed by atoms with van der Waals surface area (Å²) in [7, 11) is 0. The summed E-state index contributed by atoms with van der Waals surface area (Å²) in [6, 6.07) is 10.7. The van der Waals surface area contributed by atoms with Crippen LogP contribution in [-0.4, -0.2) is 0 Å². The molecule has 0 bridgehead atoms. The maximum atomic E-state index is 2.31. The van der Waals surface area contributed by atoms with E-state index < -0.39 is 0 Å². The van der Waals surface area contributed by atoms with Crippen LogP contribution in [0.15, 0.2) is 54.6 Å². The molecule has 0 fully saturated rings. The minimum atomic E-state index is 0. The molecule has 1 aromatic carbocycles. The molecule has 18 heavy (non-hydrogen) atoms. The monoisotopic (exact) mass is 336 g/mol. The molecule has 1 aromatic rings. The first-order chi connectivity index (χ1) is 7.06. The van der Waals surface area contributed by atoms with Crippen molar-refractivity contribution in [2.75, 3.05) is 0 Å². The number of halogens is 3. The summed E-state index contributed by atoms with van der Waals surface area (Å²) in [4.78, 5) is 0. The molecule has 0 radical (unpaired) electrons. The van der Waals surface area contributed by atoms with E-state index in [1.807, 2.05) is 0 Å². The van der Waals surface area contributed by atoms with Gasteiger partial charge in [0.1, 0.15) is 0 Å². The van der Waals surface area contributed by atoms with Crippen molar-refractivity contribution in [3.8, 4) is 0 Å². The van der Waals surface area contributed by atoms with Gasteiger partial charge in [-0.2, -0.15) is 0 Å². The summed E-state index contributed by atoms with van der Waals surface area (Å²) in [6.07, 6.45) is 8.87. The van der Waals surface area contributed by atoms with E-state index in [-0.39, 0.29) is 46.4 Å². The maximum Gasteiger partial charge on any atom is -1.00 e. The van der Waals surface area contributed by atoms with Gasteiger partial charge in [0.05, 0.1) is 0 Å². The van der Waals surface area contributed by atoms with Crippen LogP contribution in [0.4, 0.5) is 0 Å². The van der Waals surface area contributed by atoms with Crippen molar-refractivity contribution >= 4 is 0 Å². The molecule has 4 heteroatoms. The molecule has 0 aromatic heterocycles. The second-order valence-electron chi connectivity index (χ2n) is 4.58. The molecule has 0 unspecified atom stereocenters. The van der Waals surface area contributed by atoms with Crippen molar-refractivity contribution in [1.29, 1.82) is 0 Å². The van der Waals surface area contributed by atoms with Crippen LogP contribution in [-0.2, 0) is 25.9 Å². The Morgan fingerprint density at radius 2 is 1.33 bits per heavy atom. The Hall–Kier alpha value is 0.284. The molecule has 2 rings (SSSR count). The van der Waals surface area contributed by atoms with E-state index in [1.165, 1.54) is 5.56 Å². The van der Waals surface area contributed by atoms with Crippen LogP contribution < -0.4 is 37.2 Å². The first-order valence-electron chi connectivity index (χ1n) is 5.24. The van der Waals surface area contributed by atoms with Gasteiger partial charge in [0.2, 0.25) is 0 Å². The molecule has 0 nitrogen and oxygen atoms in total. The summed E-state index contributed by atoms with van der Waals surface area (Å²) in [5.74, 6) is 0. The first kappa shape index (κ1) is 20.6. The van der Waals surface area contributed by atoms with Crippen LogP contribution in [0.2, 0.25) is 3.72 Å². The SMILES string of the molecule is CC(C)(c1ccccc1)[C]1([Ti+3])C=CC=C1.[Cl-].[Cl-].[Cl-]. The fourth-order valence-electron chi connectivity index (χ4n) is 1.98. The predicted octanol–water partition coefficient (Wildman–Crippen LogP) is -5.19. The van der Waals surface area contributed by atoms with E-state index in [1.54, 1.807) is 0 Å². The Bertz CT molecular complexity index is 398. The third kappa shape index (κ3) is 3.65. The third-order valence-corrected chi connectivity index (χ3v) is 4.86. The average Bonchev–Trinajstić information content (AvgIpc) is 2.68. The molecule has 96 valence electrons. The molecule has 0 N–H and O–H groups in total. The average molecular weight is 337 g/mol. The quantitative estimate of drug-likeness (QED) is 0.474. The third-order valence-electron chi connectivity index (χ3n) is 3.36. The summed E-state index contributed by atoms with van der Waals surface area (Å²) >= 11 is 2.29. The van der Waals surface area contributed by atoms with Gasteiger partial charge in [-0.3, -0.25) is 0 Å². The topological polar surface area (TPSA) is 0 Å². The number of hydrogen-bond acceptors (Lipinski definition) is 0. The van der Waals surface area contributed by atoms with E-state index in [0.29, 0.717) is 0 Å². The molecule has 0 saturated carbocycles. The van der Waals surface area contributed by atoms with Crippen molar-refractivity contribution in [2.45, 2.75) is 23.0 Å². The normalized spacial score (nSPS) is 15.3. The van der Waals surface area contributed by atoms with Crippen LogP contribution in [0.5, 0.6) is 0 Å². The Morgan fingerprint density at radius 1 is 0.889 bits per heavy atom. The van der Waals surface area contributed by atoms with Gasteiger partial charge in [0.25, 0.3) is 0 Å². The molecule has 1 aliphatic rings. The minimum absolute atomic E-state index is 0. The Balaban J connectivity index is 0. The molecule has 0 heterocycles. The van der Waals surface area contributed by atoms with Gasteiger partial charge >= 0.3 is 104 Å². The molecule has 0 aliphatic heterocycles. The molecular formula is C14H15Cl3Ti. The van der Waals surface area contributed by atoms with Gasteiger partial charge in [0.15, 0.2) is 0 Å². The molecule has 0 spiro atoms. The van der Waals surface area contributed by atoms with Gasteiger partial charge in [-0.15, -0.1) is 0 Å². The van der Waals surface area contributed by atoms with E-state index in [9.17, 15) is 0 Å². The zero-order valence-corrected chi connectivity index (χ0v) is 14.2. The summed E-state index contributed by atoms with van der Waals surface area (Å²) < 4.78 is 0.133. The van der Waals surface area contributed by atoms with Crippen LogP contribution in [0.3, 0.4) is 0 Å². The molecule has 0 atom stereocenters. The van der Waals surface area contributed by atoms with E-state index in [2.05, 4.69) is 88.9 Å². The number of allylic oxidation sites excluding steroid dienone is 4.